The van der Waals surface area contributed by atoms with Gasteiger partial charge in [-0.25, -0.2) is 9.37 Å². The van der Waals surface area contributed by atoms with E-state index in [9.17, 15) is 9.18 Å². The van der Waals surface area contributed by atoms with E-state index < -0.39 is 0 Å². The van der Waals surface area contributed by atoms with Gasteiger partial charge in [-0.3, -0.25) is 9.78 Å². The highest BCUT2D eigenvalue weighted by Gasteiger charge is 2.21. The van der Waals surface area contributed by atoms with E-state index in [4.69, 9.17) is 4.74 Å². The second-order valence-corrected chi connectivity index (χ2v) is 6.85. The number of aryl methyl sites for hydroxylation is 1. The molecule has 0 unspecified atom stereocenters. The molecule has 0 spiro atoms. The third-order valence-electron chi connectivity index (χ3n) is 4.43. The molecule has 3 aromatic rings. The molecule has 1 amide bonds. The average molecular weight is 382 g/mol. The Balaban J connectivity index is 1.91. The minimum atomic E-state index is -0.378. The lowest BCUT2D eigenvalue weighted by atomic mass is 10.1. The quantitative estimate of drug-likeness (QED) is 0.653. The normalized spacial score (nSPS) is 10.9. The maximum absolute atomic E-state index is 14.4. The summed E-state index contributed by atoms with van der Waals surface area (Å²) in [4.78, 5) is 23.0. The topological polar surface area (TPSA) is 60.2 Å². The van der Waals surface area contributed by atoms with Gasteiger partial charge in [0.2, 0.25) is 0 Å². The molecule has 0 aliphatic rings. The number of ether oxygens (including phenoxy) is 1. The van der Waals surface area contributed by atoms with Gasteiger partial charge in [0.25, 0.3) is 5.91 Å². The van der Waals surface area contributed by atoms with Crippen LogP contribution in [-0.4, -0.2) is 38.5 Å². The molecule has 7 heteroatoms. The number of halogens is 1. The SMILES string of the molecule is COc1ccnc(-c2cc(CN(C(=O)c3cn(C)cn3)C(C)C)ccc2F)c1. The lowest BCUT2D eigenvalue weighted by Gasteiger charge is -2.26. The summed E-state index contributed by atoms with van der Waals surface area (Å²) in [5, 5.41) is 0. The van der Waals surface area contributed by atoms with Crippen LogP contribution in [0.5, 0.6) is 5.75 Å². The highest BCUT2D eigenvalue weighted by Crippen LogP contribution is 2.26. The van der Waals surface area contributed by atoms with Crippen molar-refractivity contribution in [3.8, 4) is 17.0 Å². The second-order valence-electron chi connectivity index (χ2n) is 6.85. The van der Waals surface area contributed by atoms with Crippen molar-refractivity contribution >= 4 is 5.91 Å². The molecular weight excluding hydrogens is 359 g/mol. The standard InChI is InChI=1S/C21H23FN4O2/c1-14(2)26(21(27)20-12-25(3)13-24-20)11-15-5-6-18(22)17(9-15)19-10-16(28-4)7-8-23-19/h5-10,12-14H,11H2,1-4H3. The molecule has 0 fully saturated rings. The molecule has 3 rings (SSSR count). The molecule has 0 saturated carbocycles. The molecule has 0 aliphatic heterocycles. The lowest BCUT2D eigenvalue weighted by molar-refractivity contribution is 0.0684. The van der Waals surface area contributed by atoms with E-state index in [-0.39, 0.29) is 17.8 Å². The number of carbonyl (C=O) groups excluding carboxylic acids is 1. The van der Waals surface area contributed by atoms with Crippen molar-refractivity contribution in [1.29, 1.82) is 0 Å². The van der Waals surface area contributed by atoms with E-state index in [2.05, 4.69) is 9.97 Å². The van der Waals surface area contributed by atoms with E-state index in [1.807, 2.05) is 20.9 Å². The van der Waals surface area contributed by atoms with Gasteiger partial charge in [-0.1, -0.05) is 6.07 Å². The van der Waals surface area contributed by atoms with Crippen molar-refractivity contribution in [1.82, 2.24) is 19.4 Å². The molecular formula is C21H23FN4O2. The third-order valence-corrected chi connectivity index (χ3v) is 4.43. The van der Waals surface area contributed by atoms with Crippen molar-refractivity contribution in [3.63, 3.8) is 0 Å². The molecule has 0 N–H and O–H groups in total. The molecule has 0 atom stereocenters. The Morgan fingerprint density at radius 2 is 2.04 bits per heavy atom. The smallest absolute Gasteiger partial charge is 0.274 e. The molecule has 2 aromatic heterocycles. The van der Waals surface area contributed by atoms with Crippen molar-refractivity contribution in [2.45, 2.75) is 26.4 Å². The number of nitrogens with zero attached hydrogens (tertiary/aromatic N) is 4. The predicted molar refractivity (Wildman–Crippen MR) is 104 cm³/mol. The fraction of sp³-hybridized carbons (Fsp3) is 0.286. The van der Waals surface area contributed by atoms with Crippen molar-refractivity contribution in [3.05, 3.63) is 66.1 Å². The van der Waals surface area contributed by atoms with Crippen molar-refractivity contribution in [2.75, 3.05) is 7.11 Å². The zero-order valence-electron chi connectivity index (χ0n) is 16.4. The zero-order chi connectivity index (χ0) is 20.3. The summed E-state index contributed by atoms with van der Waals surface area (Å²) in [7, 11) is 3.37. The van der Waals surface area contributed by atoms with Crippen LogP contribution < -0.4 is 4.74 Å². The minimum absolute atomic E-state index is 0.0436. The Bertz CT molecular complexity index is 984. The Morgan fingerprint density at radius 1 is 1.25 bits per heavy atom. The van der Waals surface area contributed by atoms with Crippen LogP contribution >= 0.6 is 0 Å². The number of rotatable bonds is 6. The van der Waals surface area contributed by atoms with Gasteiger partial charge in [0.1, 0.15) is 17.3 Å². The zero-order valence-corrected chi connectivity index (χ0v) is 16.4. The van der Waals surface area contributed by atoms with E-state index in [1.54, 1.807) is 59.6 Å². The fourth-order valence-electron chi connectivity index (χ4n) is 2.91. The van der Waals surface area contributed by atoms with Crippen LogP contribution in [0.3, 0.4) is 0 Å². The van der Waals surface area contributed by atoms with Crippen LogP contribution in [0.2, 0.25) is 0 Å². The molecule has 0 saturated heterocycles. The average Bonchev–Trinajstić information content (AvgIpc) is 3.13. The summed E-state index contributed by atoms with van der Waals surface area (Å²) in [5.74, 6) is 0.0570. The van der Waals surface area contributed by atoms with Crippen LogP contribution in [0.4, 0.5) is 4.39 Å². The van der Waals surface area contributed by atoms with Crippen molar-refractivity contribution < 1.29 is 13.9 Å². The molecule has 0 aliphatic carbocycles. The number of methoxy groups -OCH3 is 1. The summed E-state index contributed by atoms with van der Waals surface area (Å²) in [5.41, 5.74) is 2.03. The predicted octanol–water partition coefficient (Wildman–Crippen LogP) is 3.68. The molecule has 1 aromatic carbocycles. The largest absolute Gasteiger partial charge is 0.497 e. The van der Waals surface area contributed by atoms with E-state index in [1.165, 1.54) is 6.07 Å². The first-order valence-electron chi connectivity index (χ1n) is 8.97. The Kier molecular flexibility index (Phi) is 5.73. The van der Waals surface area contributed by atoms with E-state index >= 15 is 0 Å². The summed E-state index contributed by atoms with van der Waals surface area (Å²) < 4.78 is 21.4. The van der Waals surface area contributed by atoms with Gasteiger partial charge in [-0.2, -0.15) is 0 Å². The van der Waals surface area contributed by atoms with Gasteiger partial charge in [-0.15, -0.1) is 0 Å². The van der Waals surface area contributed by atoms with Crippen LogP contribution in [0.1, 0.15) is 29.9 Å². The first kappa shape index (κ1) is 19.5. The fourth-order valence-corrected chi connectivity index (χ4v) is 2.91. The lowest BCUT2D eigenvalue weighted by Crippen LogP contribution is -2.36. The Morgan fingerprint density at radius 3 is 2.68 bits per heavy atom. The van der Waals surface area contributed by atoms with Crippen LogP contribution in [0, 0.1) is 5.82 Å². The molecule has 0 bridgehead atoms. The number of hydrogen-bond donors (Lipinski definition) is 0. The highest BCUT2D eigenvalue weighted by atomic mass is 19.1. The highest BCUT2D eigenvalue weighted by molar-refractivity contribution is 5.92. The first-order chi connectivity index (χ1) is 13.4. The van der Waals surface area contributed by atoms with Crippen molar-refractivity contribution in [2.24, 2.45) is 7.05 Å². The molecule has 146 valence electrons. The van der Waals surface area contributed by atoms with Gasteiger partial charge in [0.15, 0.2) is 0 Å². The van der Waals surface area contributed by atoms with E-state index in [0.29, 0.717) is 29.2 Å². The van der Waals surface area contributed by atoms with Gasteiger partial charge in [-0.05, 0) is 37.6 Å². The van der Waals surface area contributed by atoms with Crippen LogP contribution in [0.25, 0.3) is 11.3 Å². The number of aromatic nitrogens is 3. The number of benzene rings is 1. The number of hydrogen-bond acceptors (Lipinski definition) is 4. The number of amides is 1. The molecule has 0 radical (unpaired) electrons. The van der Waals surface area contributed by atoms with Gasteiger partial charge < -0.3 is 14.2 Å². The van der Waals surface area contributed by atoms with Gasteiger partial charge >= 0.3 is 0 Å². The molecule has 28 heavy (non-hydrogen) atoms. The number of imidazole rings is 1. The van der Waals surface area contributed by atoms with Gasteiger partial charge in [0, 0.05) is 43.7 Å². The summed E-state index contributed by atoms with van der Waals surface area (Å²) in [6, 6.07) is 8.14. The number of pyridine rings is 1. The maximum atomic E-state index is 14.4. The maximum Gasteiger partial charge on any atom is 0.274 e. The third kappa shape index (κ3) is 4.19. The summed E-state index contributed by atoms with van der Waals surface area (Å²) in [6.07, 6.45) is 4.86. The van der Waals surface area contributed by atoms with Crippen LogP contribution in [0.15, 0.2) is 49.1 Å². The first-order valence-corrected chi connectivity index (χ1v) is 8.97. The van der Waals surface area contributed by atoms with Gasteiger partial charge in [0.05, 0.1) is 19.1 Å². The number of carbonyl (C=O) groups is 1. The van der Waals surface area contributed by atoms with E-state index in [0.717, 1.165) is 5.56 Å². The Hall–Kier alpha value is -3.22. The summed E-state index contributed by atoms with van der Waals surface area (Å²) >= 11 is 0. The van der Waals surface area contributed by atoms with Crippen LogP contribution in [-0.2, 0) is 13.6 Å². The monoisotopic (exact) mass is 382 g/mol. The minimum Gasteiger partial charge on any atom is -0.497 e. The Labute approximate surface area is 163 Å². The molecule has 6 nitrogen and oxygen atoms in total. The summed E-state index contributed by atoms with van der Waals surface area (Å²) in [6.45, 7) is 4.22. The second kappa shape index (κ2) is 8.21. The molecule has 2 heterocycles.